The van der Waals surface area contributed by atoms with E-state index in [0.29, 0.717) is 16.3 Å². The van der Waals surface area contributed by atoms with Crippen molar-refractivity contribution in [1.29, 1.82) is 0 Å². The molecule has 3 rings (SSSR count). The summed E-state index contributed by atoms with van der Waals surface area (Å²) in [5, 5.41) is 15.3. The molecule has 0 atom stereocenters. The van der Waals surface area contributed by atoms with Crippen LogP contribution in [0.4, 0.5) is 5.13 Å². The number of amides is 2. The minimum atomic E-state index is -1.24. The molecule has 1 heterocycles. The van der Waals surface area contributed by atoms with Gasteiger partial charge in [0.2, 0.25) is 5.91 Å². The van der Waals surface area contributed by atoms with Crippen molar-refractivity contribution in [3.05, 3.63) is 45.9 Å². The van der Waals surface area contributed by atoms with Gasteiger partial charge in [0.25, 0.3) is 5.91 Å². The fraction of sp³-hybridized carbons (Fsp3) is 0.294. The molecule has 1 fully saturated rings. The molecule has 0 aliphatic heterocycles. The second-order valence-electron chi connectivity index (χ2n) is 5.89. The van der Waals surface area contributed by atoms with Crippen LogP contribution in [0.2, 0.25) is 5.02 Å². The second kappa shape index (κ2) is 7.84. The topological polar surface area (TPSA) is 102 Å². The van der Waals surface area contributed by atoms with E-state index >= 15 is 0 Å². The summed E-state index contributed by atoms with van der Waals surface area (Å²) in [5.74, 6) is -1.92. The van der Waals surface area contributed by atoms with Crippen LogP contribution in [0, 0.1) is 0 Å². The number of benzene rings is 1. The highest BCUT2D eigenvalue weighted by atomic mass is 35.5. The molecule has 9 heteroatoms. The summed E-state index contributed by atoms with van der Waals surface area (Å²) in [6.45, 7) is -0.121. The number of nitrogens with one attached hydrogen (secondary N) is 1. The zero-order valence-corrected chi connectivity index (χ0v) is 15.2. The Morgan fingerprint density at radius 1 is 1.31 bits per heavy atom. The maximum absolute atomic E-state index is 12.7. The number of halogens is 1. The van der Waals surface area contributed by atoms with E-state index in [-0.39, 0.29) is 30.0 Å². The molecule has 0 unspecified atom stereocenters. The fourth-order valence-corrected chi connectivity index (χ4v) is 3.39. The number of carbonyl (C=O) groups excluding carboxylic acids is 3. The first-order chi connectivity index (χ1) is 12.4. The molecule has 0 radical (unpaired) electrons. The first-order valence-corrected chi connectivity index (χ1v) is 9.19. The Balaban J connectivity index is 1.66. The summed E-state index contributed by atoms with van der Waals surface area (Å²) in [6, 6.07) is 6.74. The monoisotopic (exact) mass is 392 g/mol. The zero-order chi connectivity index (χ0) is 18.7. The van der Waals surface area contributed by atoms with Crippen LogP contribution in [0.15, 0.2) is 29.6 Å². The summed E-state index contributed by atoms with van der Waals surface area (Å²) in [6.07, 6.45) is 1.37. The van der Waals surface area contributed by atoms with E-state index in [4.69, 9.17) is 11.6 Å². The van der Waals surface area contributed by atoms with Crippen molar-refractivity contribution in [2.45, 2.75) is 25.3 Å². The molecule has 136 valence electrons. The molecular formula is C17H15ClN3O4S-. The number of carboxylic acid groups (broad SMARTS) is 1. The number of rotatable bonds is 7. The molecule has 1 aromatic heterocycles. The van der Waals surface area contributed by atoms with Gasteiger partial charge in [0.05, 0.1) is 16.3 Å². The number of hydrogen-bond donors (Lipinski definition) is 1. The molecule has 2 amide bonds. The van der Waals surface area contributed by atoms with Crippen molar-refractivity contribution < 1.29 is 19.5 Å². The van der Waals surface area contributed by atoms with Gasteiger partial charge < -0.3 is 20.1 Å². The Kier molecular flexibility index (Phi) is 5.53. The number of hydrogen-bond acceptors (Lipinski definition) is 6. The summed E-state index contributed by atoms with van der Waals surface area (Å²) in [7, 11) is 0. The lowest BCUT2D eigenvalue weighted by Crippen LogP contribution is -2.39. The third kappa shape index (κ3) is 4.59. The number of anilines is 1. The molecule has 7 nitrogen and oxygen atoms in total. The van der Waals surface area contributed by atoms with Crippen LogP contribution in [0.1, 0.15) is 28.9 Å². The number of carbonyl (C=O) groups is 3. The molecule has 0 saturated heterocycles. The molecule has 1 aromatic carbocycles. The standard InChI is InChI=1S/C17H16ClN3O4S/c18-13-4-2-1-3-12(13)16(25)21(11-5-6-11)8-14(22)20-17-19-10(9-26-17)7-15(23)24/h1-4,9,11H,5-8H2,(H,23,24)(H,19,20,22)/p-1. The largest absolute Gasteiger partial charge is 0.550 e. The highest BCUT2D eigenvalue weighted by Crippen LogP contribution is 2.29. The minimum absolute atomic E-state index is 0.0227. The Bertz CT molecular complexity index is 850. The molecule has 0 bridgehead atoms. The minimum Gasteiger partial charge on any atom is -0.550 e. The predicted octanol–water partition coefficient (Wildman–Crippen LogP) is 1.33. The lowest BCUT2D eigenvalue weighted by Gasteiger charge is -2.22. The number of nitrogens with zero attached hydrogens (tertiary/aromatic N) is 2. The van der Waals surface area contributed by atoms with Gasteiger partial charge in [-0.3, -0.25) is 9.59 Å². The smallest absolute Gasteiger partial charge is 0.256 e. The quantitative estimate of drug-likeness (QED) is 0.765. The third-order valence-corrected chi connectivity index (χ3v) is 4.93. The molecule has 26 heavy (non-hydrogen) atoms. The molecule has 2 aromatic rings. The molecule has 1 saturated carbocycles. The van der Waals surface area contributed by atoms with Crippen molar-refractivity contribution in [2.24, 2.45) is 0 Å². The van der Waals surface area contributed by atoms with Gasteiger partial charge in [-0.25, -0.2) is 4.98 Å². The molecule has 1 N–H and O–H groups in total. The Morgan fingerprint density at radius 3 is 2.69 bits per heavy atom. The second-order valence-corrected chi connectivity index (χ2v) is 7.15. The van der Waals surface area contributed by atoms with Crippen molar-refractivity contribution >= 4 is 45.9 Å². The van der Waals surface area contributed by atoms with E-state index in [1.54, 1.807) is 29.6 Å². The van der Waals surface area contributed by atoms with E-state index in [1.165, 1.54) is 4.90 Å². The molecule has 1 aliphatic rings. The van der Waals surface area contributed by atoms with Crippen LogP contribution in [0.5, 0.6) is 0 Å². The normalized spacial score (nSPS) is 13.3. The average molecular weight is 393 g/mol. The lowest BCUT2D eigenvalue weighted by atomic mass is 10.2. The lowest BCUT2D eigenvalue weighted by molar-refractivity contribution is -0.304. The predicted molar refractivity (Wildman–Crippen MR) is 95.0 cm³/mol. The zero-order valence-electron chi connectivity index (χ0n) is 13.6. The maximum atomic E-state index is 12.7. The Labute approximate surface area is 158 Å². The van der Waals surface area contributed by atoms with Crippen molar-refractivity contribution in [3.8, 4) is 0 Å². The highest BCUT2D eigenvalue weighted by Gasteiger charge is 2.35. The van der Waals surface area contributed by atoms with Crippen LogP contribution in [0.25, 0.3) is 0 Å². The maximum Gasteiger partial charge on any atom is 0.256 e. The Morgan fingerprint density at radius 2 is 2.04 bits per heavy atom. The summed E-state index contributed by atoms with van der Waals surface area (Å²) < 4.78 is 0. The molecular weight excluding hydrogens is 378 g/mol. The number of thiazole rings is 1. The van der Waals surface area contributed by atoms with Gasteiger partial charge >= 0.3 is 0 Å². The molecule has 0 spiro atoms. The first kappa shape index (κ1) is 18.3. The van der Waals surface area contributed by atoms with Gasteiger partial charge in [0.15, 0.2) is 5.13 Å². The van der Waals surface area contributed by atoms with Crippen LogP contribution >= 0.6 is 22.9 Å². The van der Waals surface area contributed by atoms with E-state index in [0.717, 1.165) is 24.2 Å². The molecule has 1 aliphatic carbocycles. The van der Waals surface area contributed by atoms with Crippen molar-refractivity contribution in [1.82, 2.24) is 9.88 Å². The number of aromatic nitrogens is 1. The van der Waals surface area contributed by atoms with E-state index in [9.17, 15) is 19.5 Å². The fourth-order valence-electron chi connectivity index (χ4n) is 2.45. The summed E-state index contributed by atoms with van der Waals surface area (Å²) in [5.41, 5.74) is 0.677. The third-order valence-electron chi connectivity index (χ3n) is 3.79. The van der Waals surface area contributed by atoms with Crippen molar-refractivity contribution in [3.63, 3.8) is 0 Å². The highest BCUT2D eigenvalue weighted by molar-refractivity contribution is 7.13. The van der Waals surface area contributed by atoms with Crippen molar-refractivity contribution in [2.75, 3.05) is 11.9 Å². The van der Waals surface area contributed by atoms with E-state index < -0.39 is 11.9 Å². The van der Waals surface area contributed by atoms with Crippen LogP contribution in [0.3, 0.4) is 0 Å². The van der Waals surface area contributed by atoms with E-state index in [1.807, 2.05) is 0 Å². The van der Waals surface area contributed by atoms with Crippen LogP contribution in [-0.2, 0) is 16.0 Å². The van der Waals surface area contributed by atoms with Gasteiger partial charge in [-0.05, 0) is 25.0 Å². The van der Waals surface area contributed by atoms with Gasteiger partial charge in [-0.15, -0.1) is 11.3 Å². The average Bonchev–Trinajstić information content (AvgIpc) is 3.34. The summed E-state index contributed by atoms with van der Waals surface area (Å²) >= 11 is 7.21. The summed E-state index contributed by atoms with van der Waals surface area (Å²) in [4.78, 5) is 41.1. The van der Waals surface area contributed by atoms with Gasteiger partial charge in [-0.2, -0.15) is 0 Å². The van der Waals surface area contributed by atoms with Crippen LogP contribution in [-0.4, -0.2) is 40.3 Å². The van der Waals surface area contributed by atoms with Gasteiger partial charge in [0.1, 0.15) is 6.54 Å². The SMILES string of the molecule is O=C([O-])Cc1csc(NC(=O)CN(C(=O)c2ccccc2Cl)C2CC2)n1. The van der Waals surface area contributed by atoms with E-state index in [2.05, 4.69) is 10.3 Å². The van der Waals surface area contributed by atoms with Gasteiger partial charge in [-0.1, -0.05) is 23.7 Å². The van der Waals surface area contributed by atoms with Gasteiger partial charge in [0, 0.05) is 23.8 Å². The first-order valence-electron chi connectivity index (χ1n) is 7.93. The number of carboxylic acids is 1. The number of aliphatic carboxylic acids is 1. The van der Waals surface area contributed by atoms with Crippen LogP contribution < -0.4 is 10.4 Å². The Hall–Kier alpha value is -2.45.